The SMILES string of the molecule is CCC(c1c[nH]c2ccc(CN=S(=O)=O)cc12)N1CCN(c2ncncc2OC)C(C)C1. The first-order valence-corrected chi connectivity index (χ1v) is 11.8. The zero-order valence-electron chi connectivity index (χ0n) is 18.5. The van der Waals surface area contributed by atoms with E-state index in [-0.39, 0.29) is 18.6 Å². The summed E-state index contributed by atoms with van der Waals surface area (Å²) in [6.45, 7) is 7.19. The molecule has 3 aromatic rings. The molecule has 4 rings (SSSR count). The molecule has 0 amide bonds. The highest BCUT2D eigenvalue weighted by atomic mass is 32.2. The number of anilines is 1. The van der Waals surface area contributed by atoms with E-state index in [1.165, 1.54) is 5.56 Å². The number of hydrogen-bond donors (Lipinski definition) is 1. The van der Waals surface area contributed by atoms with Crippen LogP contribution in [0.2, 0.25) is 0 Å². The topological polar surface area (TPSA) is 104 Å². The first-order chi connectivity index (χ1) is 15.5. The van der Waals surface area contributed by atoms with Crippen molar-refractivity contribution in [2.45, 2.75) is 38.9 Å². The Morgan fingerprint density at radius 1 is 1.34 bits per heavy atom. The van der Waals surface area contributed by atoms with Gasteiger partial charge in [0.15, 0.2) is 11.6 Å². The van der Waals surface area contributed by atoms with Crippen LogP contribution in [0.5, 0.6) is 5.75 Å². The highest BCUT2D eigenvalue weighted by Crippen LogP contribution is 2.34. The normalized spacial score (nSPS) is 18.0. The molecule has 0 saturated carbocycles. The number of piperazine rings is 1. The van der Waals surface area contributed by atoms with Gasteiger partial charge in [-0.3, -0.25) is 4.90 Å². The van der Waals surface area contributed by atoms with Gasteiger partial charge in [0, 0.05) is 48.8 Å². The lowest BCUT2D eigenvalue weighted by molar-refractivity contribution is 0.160. The van der Waals surface area contributed by atoms with E-state index >= 15 is 0 Å². The number of rotatable bonds is 7. The second-order valence-electron chi connectivity index (χ2n) is 8.00. The number of nitrogens with zero attached hydrogens (tertiary/aromatic N) is 5. The number of aromatic amines is 1. The van der Waals surface area contributed by atoms with Gasteiger partial charge in [0.2, 0.25) is 0 Å². The van der Waals surface area contributed by atoms with E-state index in [0.717, 1.165) is 48.3 Å². The Bertz CT molecular complexity index is 1220. The summed E-state index contributed by atoms with van der Waals surface area (Å²) in [4.78, 5) is 16.7. The van der Waals surface area contributed by atoms with E-state index < -0.39 is 10.5 Å². The van der Waals surface area contributed by atoms with Gasteiger partial charge in [-0.15, -0.1) is 0 Å². The zero-order valence-corrected chi connectivity index (χ0v) is 19.3. The molecule has 1 fully saturated rings. The highest BCUT2D eigenvalue weighted by molar-refractivity contribution is 7.61. The minimum absolute atomic E-state index is 0.157. The second kappa shape index (κ2) is 9.66. The van der Waals surface area contributed by atoms with E-state index in [2.05, 4.69) is 49.2 Å². The van der Waals surface area contributed by atoms with Crippen LogP contribution >= 0.6 is 0 Å². The number of ether oxygens (including phenoxy) is 1. The average Bonchev–Trinajstić information content (AvgIpc) is 3.21. The van der Waals surface area contributed by atoms with Crippen molar-refractivity contribution in [3.05, 3.63) is 48.0 Å². The third kappa shape index (κ3) is 4.46. The maximum Gasteiger partial charge on any atom is 0.311 e. The van der Waals surface area contributed by atoms with Crippen LogP contribution in [0.4, 0.5) is 5.82 Å². The molecule has 1 aromatic carbocycles. The Morgan fingerprint density at radius 3 is 2.91 bits per heavy atom. The number of aromatic nitrogens is 3. The average molecular weight is 457 g/mol. The Kier molecular flexibility index (Phi) is 6.71. The molecule has 2 unspecified atom stereocenters. The molecular weight excluding hydrogens is 428 g/mol. The fourth-order valence-electron chi connectivity index (χ4n) is 4.62. The quantitative estimate of drug-likeness (QED) is 0.582. The summed E-state index contributed by atoms with van der Waals surface area (Å²) in [5.41, 5.74) is 3.15. The maximum absolute atomic E-state index is 10.8. The summed E-state index contributed by atoms with van der Waals surface area (Å²) >= 11 is 0. The van der Waals surface area contributed by atoms with Gasteiger partial charge in [0.1, 0.15) is 6.33 Å². The number of H-pyrrole nitrogens is 1. The van der Waals surface area contributed by atoms with E-state index in [1.807, 2.05) is 18.2 Å². The second-order valence-corrected chi connectivity index (χ2v) is 8.70. The van der Waals surface area contributed by atoms with Crippen molar-refractivity contribution >= 4 is 27.2 Å². The van der Waals surface area contributed by atoms with Crippen LogP contribution in [0.3, 0.4) is 0 Å². The Hall–Kier alpha value is -2.98. The van der Waals surface area contributed by atoms with Crippen LogP contribution in [0.1, 0.15) is 37.4 Å². The molecule has 3 heterocycles. The van der Waals surface area contributed by atoms with Crippen molar-refractivity contribution in [3.63, 3.8) is 0 Å². The highest BCUT2D eigenvalue weighted by Gasteiger charge is 2.31. The Labute approximate surface area is 189 Å². The lowest BCUT2D eigenvalue weighted by atomic mass is 9.99. The standard InChI is InChI=1S/C22H28N6O3S/c1-4-20(18-11-24-19-6-5-16(9-17(18)19)10-26-32(29)30)27-7-8-28(15(2)13-27)22-21(31-3)12-23-14-25-22/h5-6,9,11-12,14-15,20,24H,4,7-8,10,13H2,1-3H3. The number of methoxy groups -OCH3 is 1. The molecule has 0 aliphatic carbocycles. The van der Waals surface area contributed by atoms with Crippen molar-refractivity contribution < 1.29 is 13.2 Å². The predicted octanol–water partition coefficient (Wildman–Crippen LogP) is 3.19. The largest absolute Gasteiger partial charge is 0.491 e. The Morgan fingerprint density at radius 2 is 2.19 bits per heavy atom. The van der Waals surface area contributed by atoms with Crippen LogP contribution < -0.4 is 9.64 Å². The van der Waals surface area contributed by atoms with Crippen LogP contribution in [0.15, 0.2) is 41.3 Å². The van der Waals surface area contributed by atoms with Gasteiger partial charge in [0.25, 0.3) is 0 Å². The fraction of sp³-hybridized carbons (Fsp3) is 0.455. The molecule has 1 aliphatic heterocycles. The Balaban J connectivity index is 1.58. The minimum Gasteiger partial charge on any atom is -0.491 e. The van der Waals surface area contributed by atoms with Gasteiger partial charge >= 0.3 is 10.5 Å². The molecule has 1 saturated heterocycles. The van der Waals surface area contributed by atoms with Gasteiger partial charge in [-0.1, -0.05) is 13.0 Å². The molecule has 9 nitrogen and oxygen atoms in total. The lowest BCUT2D eigenvalue weighted by Gasteiger charge is -2.43. The lowest BCUT2D eigenvalue weighted by Crippen LogP contribution is -2.53. The molecule has 0 bridgehead atoms. The smallest absolute Gasteiger partial charge is 0.311 e. The summed E-state index contributed by atoms with van der Waals surface area (Å²) in [5, 5.41) is 1.12. The van der Waals surface area contributed by atoms with E-state index in [1.54, 1.807) is 19.6 Å². The van der Waals surface area contributed by atoms with Crippen molar-refractivity contribution in [3.8, 4) is 5.75 Å². The summed E-state index contributed by atoms with van der Waals surface area (Å²) in [7, 11) is -0.757. The molecule has 0 radical (unpaired) electrons. The van der Waals surface area contributed by atoms with Crippen molar-refractivity contribution in [1.82, 2.24) is 19.9 Å². The van der Waals surface area contributed by atoms with E-state index in [0.29, 0.717) is 5.75 Å². The first kappa shape index (κ1) is 22.2. The molecule has 170 valence electrons. The number of benzene rings is 1. The molecule has 1 N–H and O–H groups in total. The summed E-state index contributed by atoms with van der Waals surface area (Å²) in [6, 6.07) is 6.46. The maximum atomic E-state index is 10.8. The van der Waals surface area contributed by atoms with Gasteiger partial charge in [-0.25, -0.2) is 9.97 Å². The number of hydrogen-bond acceptors (Lipinski definition) is 8. The third-order valence-electron chi connectivity index (χ3n) is 6.13. The van der Waals surface area contributed by atoms with Crippen LogP contribution in [0, 0.1) is 0 Å². The monoisotopic (exact) mass is 456 g/mol. The van der Waals surface area contributed by atoms with Crippen LogP contribution in [-0.4, -0.2) is 61.1 Å². The zero-order chi connectivity index (χ0) is 22.7. The van der Waals surface area contributed by atoms with Crippen LogP contribution in [0.25, 0.3) is 10.9 Å². The van der Waals surface area contributed by atoms with E-state index in [9.17, 15) is 8.42 Å². The molecule has 1 aliphatic rings. The summed E-state index contributed by atoms with van der Waals surface area (Å²) in [5.74, 6) is 1.52. The first-order valence-electron chi connectivity index (χ1n) is 10.7. The van der Waals surface area contributed by atoms with Crippen molar-refractivity contribution in [1.29, 1.82) is 0 Å². The van der Waals surface area contributed by atoms with Crippen LogP contribution in [-0.2, 0) is 17.0 Å². The number of fused-ring (bicyclic) bond motifs is 1. The summed E-state index contributed by atoms with van der Waals surface area (Å²) < 4.78 is 30.7. The van der Waals surface area contributed by atoms with Gasteiger partial charge in [-0.2, -0.15) is 12.8 Å². The minimum atomic E-state index is -2.40. The van der Waals surface area contributed by atoms with Gasteiger partial charge in [0.05, 0.1) is 19.9 Å². The van der Waals surface area contributed by atoms with Crippen molar-refractivity contribution in [2.75, 3.05) is 31.6 Å². The van der Waals surface area contributed by atoms with Crippen molar-refractivity contribution in [2.24, 2.45) is 4.36 Å². The van der Waals surface area contributed by atoms with E-state index in [4.69, 9.17) is 4.74 Å². The summed E-state index contributed by atoms with van der Waals surface area (Å²) in [6.07, 6.45) is 6.31. The molecule has 0 spiro atoms. The third-order valence-corrected chi connectivity index (χ3v) is 6.47. The van der Waals surface area contributed by atoms with Gasteiger partial charge < -0.3 is 14.6 Å². The molecule has 10 heteroatoms. The number of nitrogens with one attached hydrogen (secondary N) is 1. The molecule has 2 atom stereocenters. The fourth-order valence-corrected chi connectivity index (χ4v) is 4.87. The predicted molar refractivity (Wildman–Crippen MR) is 123 cm³/mol. The molecule has 2 aromatic heterocycles. The molecular formula is C22H28N6O3S. The molecule has 32 heavy (non-hydrogen) atoms. The van der Waals surface area contributed by atoms with Gasteiger partial charge in [-0.05, 0) is 36.6 Å².